The van der Waals surface area contributed by atoms with Crippen LogP contribution in [-0.4, -0.2) is 67.3 Å². The Morgan fingerprint density at radius 3 is 2.07 bits per heavy atom. The lowest BCUT2D eigenvalue weighted by atomic mass is 9.98. The van der Waals surface area contributed by atoms with Gasteiger partial charge in [0.2, 0.25) is 0 Å². The van der Waals surface area contributed by atoms with Crippen molar-refractivity contribution in [3.63, 3.8) is 0 Å². The van der Waals surface area contributed by atoms with Gasteiger partial charge in [-0.15, -0.1) is 0 Å². The Hall–Kier alpha value is -1.75. The van der Waals surface area contributed by atoms with Crippen LogP contribution in [-0.2, 0) is 47.5 Å². The number of carbonyl (C=O) groups excluding carboxylic acids is 3. The summed E-state index contributed by atoms with van der Waals surface area (Å²) in [5, 5.41) is 0. The molecule has 0 aliphatic carbocycles. The third-order valence-corrected chi connectivity index (χ3v) is 3.78. The van der Waals surface area contributed by atoms with Gasteiger partial charge in [-0.05, 0) is 13.8 Å². The molecule has 6 atom stereocenters. The number of hydrogen-bond donors (Lipinski definition) is 0. The van der Waals surface area contributed by atoms with Crippen LogP contribution in [0.3, 0.4) is 0 Å². The van der Waals surface area contributed by atoms with Gasteiger partial charge in [0, 0.05) is 27.7 Å². The van der Waals surface area contributed by atoms with E-state index in [9.17, 15) is 14.4 Å². The van der Waals surface area contributed by atoms with E-state index in [1.54, 1.807) is 20.8 Å². The summed E-state index contributed by atoms with van der Waals surface area (Å²) in [5.41, 5.74) is 0. The van der Waals surface area contributed by atoms with Gasteiger partial charge in [-0.1, -0.05) is 0 Å². The fourth-order valence-corrected chi connectivity index (χ4v) is 3.06. The van der Waals surface area contributed by atoms with Crippen molar-refractivity contribution >= 4 is 17.9 Å². The monoisotopic (exact) mass is 390 g/mol. The average molecular weight is 390 g/mol. The SMILES string of the molecule is CC(=O)OC[C@H]1O[C@@H]2O[C@@](C)(OC(C)C)O[C@@H]2[C@@H](OC(C)=O)[C@@H]1OC(C)=O. The number of rotatable bonds is 6. The molecule has 10 heteroatoms. The molecule has 2 rings (SSSR count). The lowest BCUT2D eigenvalue weighted by Gasteiger charge is -2.40. The number of fused-ring (bicyclic) bond motifs is 1. The average Bonchev–Trinajstić information content (AvgIpc) is 2.81. The minimum absolute atomic E-state index is 0.219. The standard InChI is InChI=1S/C17H26O10/c1-8(2)25-17(6)26-15-14(23-11(5)20)13(22-10(4)19)12(7-21-9(3)18)24-16(15)27-17/h8,12-16H,7H2,1-6H3/t12-,13-,14+,15-,16-,17+/m1/s1. The molecule has 2 aliphatic heterocycles. The Balaban J connectivity index is 2.30. The van der Waals surface area contributed by atoms with Crippen LogP contribution in [0.4, 0.5) is 0 Å². The number of carbonyl (C=O) groups is 3. The van der Waals surface area contributed by atoms with E-state index < -0.39 is 54.6 Å². The van der Waals surface area contributed by atoms with Crippen LogP contribution in [0.15, 0.2) is 0 Å². The minimum Gasteiger partial charge on any atom is -0.463 e. The molecule has 2 aliphatic rings. The molecule has 0 aromatic carbocycles. The van der Waals surface area contributed by atoms with E-state index in [1.807, 2.05) is 0 Å². The second kappa shape index (κ2) is 8.51. The van der Waals surface area contributed by atoms with E-state index >= 15 is 0 Å². The highest BCUT2D eigenvalue weighted by molar-refractivity contribution is 5.67. The first-order chi connectivity index (χ1) is 12.5. The maximum absolute atomic E-state index is 11.6. The summed E-state index contributed by atoms with van der Waals surface area (Å²) in [7, 11) is 0. The van der Waals surface area contributed by atoms with Gasteiger partial charge in [0.25, 0.3) is 5.97 Å². The first-order valence-electron chi connectivity index (χ1n) is 8.67. The maximum atomic E-state index is 11.6. The molecule has 0 unspecified atom stereocenters. The summed E-state index contributed by atoms with van der Waals surface area (Å²) in [4.78, 5) is 34.4. The van der Waals surface area contributed by atoms with Gasteiger partial charge >= 0.3 is 17.9 Å². The molecule has 2 fully saturated rings. The van der Waals surface area contributed by atoms with Crippen LogP contribution < -0.4 is 0 Å². The lowest BCUT2D eigenvalue weighted by Crippen LogP contribution is -2.60. The van der Waals surface area contributed by atoms with Gasteiger partial charge in [-0.25, -0.2) is 0 Å². The molecule has 154 valence electrons. The van der Waals surface area contributed by atoms with E-state index in [1.165, 1.54) is 20.8 Å². The number of ether oxygens (including phenoxy) is 7. The minimum atomic E-state index is -1.45. The Bertz CT molecular complexity index is 576. The predicted molar refractivity (Wildman–Crippen MR) is 87.0 cm³/mol. The van der Waals surface area contributed by atoms with Crippen molar-refractivity contribution < 1.29 is 47.5 Å². The first-order valence-corrected chi connectivity index (χ1v) is 8.67. The fourth-order valence-electron chi connectivity index (χ4n) is 3.06. The van der Waals surface area contributed by atoms with Crippen LogP contribution in [0.2, 0.25) is 0 Å². The largest absolute Gasteiger partial charge is 0.463 e. The number of hydrogen-bond acceptors (Lipinski definition) is 10. The van der Waals surface area contributed by atoms with Gasteiger partial charge < -0.3 is 28.4 Å². The van der Waals surface area contributed by atoms with Crippen molar-refractivity contribution in [2.24, 2.45) is 0 Å². The van der Waals surface area contributed by atoms with Crippen molar-refractivity contribution in [1.29, 1.82) is 0 Å². The van der Waals surface area contributed by atoms with Gasteiger partial charge in [0.1, 0.15) is 12.7 Å². The van der Waals surface area contributed by atoms with E-state index in [-0.39, 0.29) is 12.7 Å². The molecule has 0 amide bonds. The van der Waals surface area contributed by atoms with Crippen LogP contribution >= 0.6 is 0 Å². The summed E-state index contributed by atoms with van der Waals surface area (Å²) in [6, 6.07) is 0. The third-order valence-electron chi connectivity index (χ3n) is 3.78. The molecule has 27 heavy (non-hydrogen) atoms. The fraction of sp³-hybridized carbons (Fsp3) is 0.824. The quantitative estimate of drug-likeness (QED) is 0.473. The highest BCUT2D eigenvalue weighted by Crippen LogP contribution is 2.40. The van der Waals surface area contributed by atoms with E-state index in [2.05, 4.69) is 0 Å². The Morgan fingerprint density at radius 1 is 0.963 bits per heavy atom. The van der Waals surface area contributed by atoms with Gasteiger partial charge in [0.05, 0.1) is 6.10 Å². The van der Waals surface area contributed by atoms with Crippen LogP contribution in [0.5, 0.6) is 0 Å². The molecule has 0 spiro atoms. The Kier molecular flexibility index (Phi) is 6.79. The molecular formula is C17H26O10. The molecule has 10 nitrogen and oxygen atoms in total. The summed E-state index contributed by atoms with van der Waals surface area (Å²) in [6.07, 6.45) is -5.13. The normalized spacial score (nSPS) is 35.4. The summed E-state index contributed by atoms with van der Waals surface area (Å²) < 4.78 is 38.6. The van der Waals surface area contributed by atoms with E-state index in [0.29, 0.717) is 0 Å². The lowest BCUT2D eigenvalue weighted by molar-refractivity contribution is -0.355. The molecule has 2 saturated heterocycles. The smallest absolute Gasteiger partial charge is 0.303 e. The molecule has 2 heterocycles. The van der Waals surface area contributed by atoms with Crippen LogP contribution in [0.1, 0.15) is 41.5 Å². The van der Waals surface area contributed by atoms with Gasteiger partial charge in [0.15, 0.2) is 24.6 Å². The zero-order valence-corrected chi connectivity index (χ0v) is 16.3. The highest BCUT2D eigenvalue weighted by atomic mass is 16.9. The van der Waals surface area contributed by atoms with Gasteiger partial charge in [-0.3, -0.25) is 19.1 Å². The molecule has 0 saturated carbocycles. The van der Waals surface area contributed by atoms with Crippen molar-refractivity contribution in [3.8, 4) is 0 Å². The zero-order chi connectivity index (χ0) is 20.4. The van der Waals surface area contributed by atoms with Crippen LogP contribution in [0.25, 0.3) is 0 Å². The topological polar surface area (TPSA) is 116 Å². The zero-order valence-electron chi connectivity index (χ0n) is 16.3. The molecule has 0 aromatic heterocycles. The van der Waals surface area contributed by atoms with Crippen molar-refractivity contribution in [1.82, 2.24) is 0 Å². The predicted octanol–water partition coefficient (Wildman–Crippen LogP) is 0.652. The van der Waals surface area contributed by atoms with Crippen molar-refractivity contribution in [3.05, 3.63) is 0 Å². The third kappa shape index (κ3) is 5.61. The van der Waals surface area contributed by atoms with Crippen molar-refractivity contribution in [2.75, 3.05) is 6.61 Å². The molecule has 0 aromatic rings. The second-order valence-corrected chi connectivity index (χ2v) is 6.72. The number of esters is 3. The van der Waals surface area contributed by atoms with E-state index in [0.717, 1.165) is 0 Å². The summed E-state index contributed by atoms with van der Waals surface area (Å²) in [6.45, 7) is 8.60. The Morgan fingerprint density at radius 2 is 1.56 bits per heavy atom. The van der Waals surface area contributed by atoms with Crippen molar-refractivity contribution in [2.45, 2.75) is 84.3 Å². The highest BCUT2D eigenvalue weighted by Gasteiger charge is 2.59. The summed E-state index contributed by atoms with van der Waals surface area (Å²) >= 11 is 0. The maximum Gasteiger partial charge on any atom is 0.303 e. The molecule has 0 radical (unpaired) electrons. The molecule has 0 bridgehead atoms. The molecular weight excluding hydrogens is 364 g/mol. The second-order valence-electron chi connectivity index (χ2n) is 6.72. The first kappa shape index (κ1) is 21.5. The van der Waals surface area contributed by atoms with Gasteiger partial charge in [-0.2, -0.15) is 0 Å². The summed E-state index contributed by atoms with van der Waals surface area (Å²) in [5.74, 6) is -3.21. The van der Waals surface area contributed by atoms with Crippen LogP contribution in [0, 0.1) is 0 Å². The molecule has 0 N–H and O–H groups in total. The van der Waals surface area contributed by atoms with E-state index in [4.69, 9.17) is 33.2 Å². The Labute approximate surface area is 157 Å².